The average Bonchev–Trinajstić information content (AvgIpc) is 3.72. The van der Waals surface area contributed by atoms with E-state index in [2.05, 4.69) is 42.9 Å². The number of aromatic nitrogens is 5. The molecule has 3 aromatic heterocycles. The second-order valence-electron chi connectivity index (χ2n) is 13.1. The van der Waals surface area contributed by atoms with Gasteiger partial charge in [-0.3, -0.25) is 10.00 Å². The Morgan fingerprint density at radius 2 is 1.83 bits per heavy atom. The number of likely N-dealkylation sites (tertiary alicyclic amines) is 2. The maximum Gasteiger partial charge on any atom is 0.410 e. The number of aromatic amines is 1. The van der Waals surface area contributed by atoms with Crippen LogP contribution in [0.5, 0.6) is 0 Å². The molecular formula is C31H40N8O3. The minimum absolute atomic E-state index is 0.181. The van der Waals surface area contributed by atoms with E-state index >= 15 is 0 Å². The predicted molar refractivity (Wildman–Crippen MR) is 160 cm³/mol. The number of fused-ring (bicyclic) bond motifs is 2. The Bertz CT molecular complexity index is 1590. The molecule has 11 nitrogen and oxygen atoms in total. The number of morpholine rings is 1. The van der Waals surface area contributed by atoms with Crippen LogP contribution in [-0.4, -0.2) is 98.5 Å². The van der Waals surface area contributed by atoms with Gasteiger partial charge in [-0.05, 0) is 64.6 Å². The van der Waals surface area contributed by atoms with E-state index in [4.69, 9.17) is 19.4 Å². The number of ether oxygens (including phenoxy) is 2. The van der Waals surface area contributed by atoms with Crippen molar-refractivity contribution >= 4 is 28.5 Å². The SMILES string of the molecule is CC(C)(C)OC(=O)N1CCC2(CCN(Cc3cn4cc(-c5cccc6[nH]ncc56)nc(N5CCOCC5)c4n3)CC2)C1. The van der Waals surface area contributed by atoms with Gasteiger partial charge in [0.2, 0.25) is 0 Å². The lowest BCUT2D eigenvalue weighted by molar-refractivity contribution is 0.0245. The van der Waals surface area contributed by atoms with Crippen molar-refractivity contribution in [3.05, 3.63) is 42.5 Å². The van der Waals surface area contributed by atoms with Gasteiger partial charge in [0.25, 0.3) is 0 Å². The van der Waals surface area contributed by atoms with E-state index in [0.29, 0.717) is 13.2 Å². The number of anilines is 1. The Morgan fingerprint density at radius 1 is 1.05 bits per heavy atom. The Morgan fingerprint density at radius 3 is 2.62 bits per heavy atom. The molecule has 1 spiro atoms. The molecule has 0 atom stereocenters. The van der Waals surface area contributed by atoms with Crippen LogP contribution in [0.2, 0.25) is 0 Å². The highest BCUT2D eigenvalue weighted by Gasteiger charge is 2.43. The molecule has 3 saturated heterocycles. The predicted octanol–water partition coefficient (Wildman–Crippen LogP) is 4.33. The summed E-state index contributed by atoms with van der Waals surface area (Å²) in [4.78, 5) is 29.6. The van der Waals surface area contributed by atoms with Gasteiger partial charge in [0.1, 0.15) is 5.60 Å². The molecule has 0 unspecified atom stereocenters. The summed E-state index contributed by atoms with van der Waals surface area (Å²) in [7, 11) is 0. The van der Waals surface area contributed by atoms with E-state index in [1.807, 2.05) is 44.0 Å². The molecule has 42 heavy (non-hydrogen) atoms. The fourth-order valence-electron chi connectivity index (χ4n) is 6.66. The molecule has 4 aromatic rings. The van der Waals surface area contributed by atoms with Crippen molar-refractivity contribution in [3.8, 4) is 11.3 Å². The molecule has 0 radical (unpaired) electrons. The number of carbonyl (C=O) groups is 1. The average molecular weight is 573 g/mol. The van der Waals surface area contributed by atoms with Crippen molar-refractivity contribution in [2.24, 2.45) is 5.41 Å². The van der Waals surface area contributed by atoms with Crippen LogP contribution in [0.25, 0.3) is 27.8 Å². The van der Waals surface area contributed by atoms with E-state index < -0.39 is 5.60 Å². The molecule has 222 valence electrons. The Labute approximate surface area is 245 Å². The van der Waals surface area contributed by atoms with Crippen LogP contribution in [-0.2, 0) is 16.0 Å². The summed E-state index contributed by atoms with van der Waals surface area (Å²) in [6.07, 6.45) is 9.15. The summed E-state index contributed by atoms with van der Waals surface area (Å²) < 4.78 is 13.4. The van der Waals surface area contributed by atoms with Gasteiger partial charge in [-0.1, -0.05) is 12.1 Å². The largest absolute Gasteiger partial charge is 0.444 e. The summed E-state index contributed by atoms with van der Waals surface area (Å²) in [6, 6.07) is 6.17. The van der Waals surface area contributed by atoms with Crippen LogP contribution in [0.4, 0.5) is 10.6 Å². The summed E-state index contributed by atoms with van der Waals surface area (Å²) in [5.41, 5.74) is 4.60. The lowest BCUT2D eigenvalue weighted by Gasteiger charge is -2.39. The number of carbonyl (C=O) groups excluding carboxylic acids is 1. The summed E-state index contributed by atoms with van der Waals surface area (Å²) in [6.45, 7) is 13.1. The molecule has 3 aliphatic rings. The smallest absolute Gasteiger partial charge is 0.410 e. The highest BCUT2D eigenvalue weighted by Crippen LogP contribution is 2.41. The van der Waals surface area contributed by atoms with E-state index in [1.165, 1.54) is 0 Å². The molecule has 1 aromatic carbocycles. The number of benzene rings is 1. The second kappa shape index (κ2) is 10.5. The van der Waals surface area contributed by atoms with E-state index in [1.54, 1.807) is 0 Å². The first kappa shape index (κ1) is 27.2. The summed E-state index contributed by atoms with van der Waals surface area (Å²) in [5, 5.41) is 8.38. The Kier molecular flexibility index (Phi) is 6.81. The number of nitrogens with zero attached hydrogens (tertiary/aromatic N) is 7. The highest BCUT2D eigenvalue weighted by atomic mass is 16.6. The van der Waals surface area contributed by atoms with Crippen LogP contribution in [0.1, 0.15) is 45.7 Å². The van der Waals surface area contributed by atoms with Crippen molar-refractivity contribution < 1.29 is 14.3 Å². The fourth-order valence-corrected chi connectivity index (χ4v) is 6.66. The molecule has 1 N–H and O–H groups in total. The van der Waals surface area contributed by atoms with Gasteiger partial charge in [0.15, 0.2) is 11.5 Å². The summed E-state index contributed by atoms with van der Waals surface area (Å²) in [5.74, 6) is 0.897. The molecule has 11 heteroatoms. The number of H-pyrrole nitrogens is 1. The number of piperidine rings is 1. The normalized spacial score (nSPS) is 19.8. The monoisotopic (exact) mass is 572 g/mol. The Balaban J connectivity index is 1.10. The molecule has 6 heterocycles. The zero-order chi connectivity index (χ0) is 28.9. The zero-order valence-electron chi connectivity index (χ0n) is 24.8. The van der Waals surface area contributed by atoms with Gasteiger partial charge < -0.3 is 23.7 Å². The molecule has 3 aliphatic heterocycles. The van der Waals surface area contributed by atoms with Crippen molar-refractivity contribution in [2.45, 2.75) is 52.2 Å². The van der Waals surface area contributed by atoms with Gasteiger partial charge in [-0.2, -0.15) is 5.10 Å². The van der Waals surface area contributed by atoms with E-state index in [0.717, 1.165) is 104 Å². The first-order chi connectivity index (χ1) is 20.3. The first-order valence-corrected chi connectivity index (χ1v) is 15.1. The van der Waals surface area contributed by atoms with Crippen molar-refractivity contribution in [1.82, 2.24) is 34.4 Å². The molecular weight excluding hydrogens is 532 g/mol. The molecule has 0 bridgehead atoms. The first-order valence-electron chi connectivity index (χ1n) is 15.1. The molecule has 0 aliphatic carbocycles. The fraction of sp³-hybridized carbons (Fsp3) is 0.548. The van der Waals surface area contributed by atoms with Crippen LogP contribution in [0.3, 0.4) is 0 Å². The Hall–Kier alpha value is -3.70. The van der Waals surface area contributed by atoms with E-state index in [-0.39, 0.29) is 11.5 Å². The van der Waals surface area contributed by atoms with Crippen LogP contribution in [0, 0.1) is 5.41 Å². The van der Waals surface area contributed by atoms with Crippen LogP contribution < -0.4 is 4.90 Å². The quantitative estimate of drug-likeness (QED) is 0.385. The number of nitrogens with one attached hydrogen (secondary N) is 1. The molecule has 1 amide bonds. The van der Waals surface area contributed by atoms with Gasteiger partial charge >= 0.3 is 6.09 Å². The van der Waals surface area contributed by atoms with E-state index in [9.17, 15) is 4.79 Å². The molecule has 7 rings (SSSR count). The number of imidazole rings is 1. The molecule has 0 saturated carbocycles. The van der Waals surface area contributed by atoms with Gasteiger partial charge in [-0.25, -0.2) is 14.8 Å². The third-order valence-corrected chi connectivity index (χ3v) is 8.93. The third kappa shape index (κ3) is 5.31. The van der Waals surface area contributed by atoms with Gasteiger partial charge in [-0.15, -0.1) is 0 Å². The topological polar surface area (TPSA) is 104 Å². The van der Waals surface area contributed by atoms with Crippen LogP contribution >= 0.6 is 0 Å². The number of hydrogen-bond acceptors (Lipinski definition) is 8. The van der Waals surface area contributed by atoms with Crippen molar-refractivity contribution in [2.75, 3.05) is 57.4 Å². The van der Waals surface area contributed by atoms with Crippen molar-refractivity contribution in [3.63, 3.8) is 0 Å². The third-order valence-electron chi connectivity index (χ3n) is 8.93. The standard InChI is InChI=1S/C31H40N8O3/c1-30(2,3)42-29(40)38-12-9-31(21-38)7-10-36(11-8-31)18-22-19-39-20-26(23-5-4-6-25-24(23)17-32-35-25)34-28(27(39)33-22)37-13-15-41-16-14-37/h4-6,17,19-20H,7-16,18,21H2,1-3H3,(H,32,35). The summed E-state index contributed by atoms with van der Waals surface area (Å²) >= 11 is 0. The minimum atomic E-state index is -0.463. The number of hydrogen-bond donors (Lipinski definition) is 1. The second-order valence-corrected chi connectivity index (χ2v) is 13.1. The number of rotatable bonds is 4. The van der Waals surface area contributed by atoms with Gasteiger partial charge in [0.05, 0.1) is 36.3 Å². The van der Waals surface area contributed by atoms with Gasteiger partial charge in [0, 0.05) is 56.1 Å². The maximum atomic E-state index is 12.6. The van der Waals surface area contributed by atoms with Crippen LogP contribution in [0.15, 0.2) is 36.8 Å². The lowest BCUT2D eigenvalue weighted by Crippen LogP contribution is -2.42. The zero-order valence-corrected chi connectivity index (χ0v) is 24.8. The molecule has 3 fully saturated rings. The highest BCUT2D eigenvalue weighted by molar-refractivity contribution is 5.93. The lowest BCUT2D eigenvalue weighted by atomic mass is 9.78. The van der Waals surface area contributed by atoms with Crippen molar-refractivity contribution in [1.29, 1.82) is 0 Å². The minimum Gasteiger partial charge on any atom is -0.444 e. The number of amides is 1. The maximum absolute atomic E-state index is 12.6.